The van der Waals surface area contributed by atoms with Gasteiger partial charge in [0, 0.05) is 37.8 Å². The van der Waals surface area contributed by atoms with Crippen molar-refractivity contribution in [2.75, 3.05) is 13.1 Å². The van der Waals surface area contributed by atoms with E-state index in [2.05, 4.69) is 29.2 Å². The standard InChI is InChI=1S/C21H26N2O2/c1-2-21(24)23-13-10-20(25-16-18-8-11-22-12-9-18)19(15-23)14-17-6-4-3-5-7-17/h3-9,11-12,19-20H,2,10,13-16H2,1H3/t19-,20-/m1/s1. The van der Waals surface area contributed by atoms with Gasteiger partial charge in [0.25, 0.3) is 0 Å². The predicted octanol–water partition coefficient (Wildman–Crippen LogP) is 3.47. The van der Waals surface area contributed by atoms with Gasteiger partial charge in [0.1, 0.15) is 0 Å². The molecule has 4 nitrogen and oxygen atoms in total. The summed E-state index contributed by atoms with van der Waals surface area (Å²) < 4.78 is 6.25. The van der Waals surface area contributed by atoms with E-state index in [4.69, 9.17) is 4.74 Å². The summed E-state index contributed by atoms with van der Waals surface area (Å²) in [4.78, 5) is 18.2. The molecule has 1 aliphatic rings. The molecule has 132 valence electrons. The van der Waals surface area contributed by atoms with E-state index in [1.807, 2.05) is 30.0 Å². The van der Waals surface area contributed by atoms with Crippen molar-refractivity contribution < 1.29 is 9.53 Å². The molecule has 0 spiro atoms. The van der Waals surface area contributed by atoms with E-state index in [-0.39, 0.29) is 12.0 Å². The number of ether oxygens (including phenoxy) is 1. The number of nitrogens with zero attached hydrogens (tertiary/aromatic N) is 2. The summed E-state index contributed by atoms with van der Waals surface area (Å²) in [6.45, 7) is 4.10. The number of aromatic nitrogens is 1. The Balaban J connectivity index is 1.67. The predicted molar refractivity (Wildman–Crippen MR) is 97.9 cm³/mol. The van der Waals surface area contributed by atoms with Crippen LogP contribution in [0.25, 0.3) is 0 Å². The van der Waals surface area contributed by atoms with Gasteiger partial charge in [-0.3, -0.25) is 9.78 Å². The van der Waals surface area contributed by atoms with Crippen molar-refractivity contribution in [1.29, 1.82) is 0 Å². The number of pyridine rings is 1. The van der Waals surface area contributed by atoms with Crippen LogP contribution in [0.1, 0.15) is 30.9 Å². The summed E-state index contributed by atoms with van der Waals surface area (Å²) in [5.41, 5.74) is 2.44. The smallest absolute Gasteiger partial charge is 0.222 e. The van der Waals surface area contributed by atoms with Crippen molar-refractivity contribution in [3.63, 3.8) is 0 Å². The van der Waals surface area contributed by atoms with E-state index in [0.717, 1.165) is 31.5 Å². The Morgan fingerprint density at radius 3 is 2.64 bits per heavy atom. The maximum atomic E-state index is 12.1. The van der Waals surface area contributed by atoms with Crippen molar-refractivity contribution in [1.82, 2.24) is 9.88 Å². The fourth-order valence-electron chi connectivity index (χ4n) is 3.48. The molecule has 2 heterocycles. The molecule has 1 aromatic carbocycles. The minimum Gasteiger partial charge on any atom is -0.373 e. The molecule has 4 heteroatoms. The Bertz CT molecular complexity index is 660. The van der Waals surface area contributed by atoms with Crippen molar-refractivity contribution >= 4 is 5.91 Å². The number of carbonyl (C=O) groups is 1. The Labute approximate surface area is 149 Å². The zero-order chi connectivity index (χ0) is 17.5. The SMILES string of the molecule is CCC(=O)N1CC[C@@H](OCc2ccncc2)[C@H](Cc2ccccc2)C1. The summed E-state index contributed by atoms with van der Waals surface area (Å²) in [7, 11) is 0. The molecule has 3 rings (SSSR count). The molecule has 0 bridgehead atoms. The average Bonchev–Trinajstić information content (AvgIpc) is 2.68. The van der Waals surface area contributed by atoms with Gasteiger partial charge >= 0.3 is 0 Å². The molecular formula is C21H26N2O2. The van der Waals surface area contributed by atoms with Crippen LogP contribution in [0, 0.1) is 5.92 Å². The molecule has 1 fully saturated rings. The molecule has 0 aliphatic carbocycles. The van der Waals surface area contributed by atoms with E-state index >= 15 is 0 Å². The first-order valence-corrected chi connectivity index (χ1v) is 9.08. The first-order valence-electron chi connectivity index (χ1n) is 9.08. The van der Waals surface area contributed by atoms with Crippen LogP contribution in [0.3, 0.4) is 0 Å². The van der Waals surface area contributed by atoms with Crippen LogP contribution in [0.5, 0.6) is 0 Å². The van der Waals surface area contributed by atoms with Gasteiger partial charge in [-0.15, -0.1) is 0 Å². The number of likely N-dealkylation sites (tertiary alicyclic amines) is 1. The molecule has 0 unspecified atom stereocenters. The summed E-state index contributed by atoms with van der Waals surface area (Å²) in [6, 6.07) is 14.5. The van der Waals surface area contributed by atoms with Gasteiger partial charge in [0.05, 0.1) is 12.7 Å². The lowest BCUT2D eigenvalue weighted by atomic mass is 9.88. The van der Waals surface area contributed by atoms with E-state index in [1.54, 1.807) is 12.4 Å². The number of piperidine rings is 1. The third-order valence-corrected chi connectivity index (χ3v) is 4.87. The number of rotatable bonds is 6. The third kappa shape index (κ3) is 4.89. The van der Waals surface area contributed by atoms with E-state index in [0.29, 0.717) is 18.9 Å². The average molecular weight is 338 g/mol. The van der Waals surface area contributed by atoms with Crippen LogP contribution in [0.4, 0.5) is 0 Å². The fraction of sp³-hybridized carbons (Fsp3) is 0.429. The third-order valence-electron chi connectivity index (χ3n) is 4.87. The minimum absolute atomic E-state index is 0.175. The van der Waals surface area contributed by atoms with Crippen LogP contribution >= 0.6 is 0 Å². The molecule has 2 atom stereocenters. The molecule has 1 amide bonds. The number of hydrogen-bond donors (Lipinski definition) is 0. The Morgan fingerprint density at radius 2 is 1.92 bits per heavy atom. The molecule has 0 N–H and O–H groups in total. The van der Waals surface area contributed by atoms with Gasteiger partial charge < -0.3 is 9.64 Å². The van der Waals surface area contributed by atoms with E-state index < -0.39 is 0 Å². The summed E-state index contributed by atoms with van der Waals surface area (Å²) >= 11 is 0. The van der Waals surface area contributed by atoms with Crippen LogP contribution in [0.2, 0.25) is 0 Å². The number of amides is 1. The lowest BCUT2D eigenvalue weighted by molar-refractivity contribution is -0.136. The molecule has 1 aliphatic heterocycles. The first kappa shape index (κ1) is 17.6. The van der Waals surface area contributed by atoms with Crippen molar-refractivity contribution in [3.05, 3.63) is 66.0 Å². The highest BCUT2D eigenvalue weighted by Gasteiger charge is 2.31. The summed E-state index contributed by atoms with van der Waals surface area (Å²) in [5.74, 6) is 0.569. The lowest BCUT2D eigenvalue weighted by Gasteiger charge is -2.38. The molecule has 1 aromatic heterocycles. The Kier molecular flexibility index (Phi) is 6.18. The van der Waals surface area contributed by atoms with Crippen molar-refractivity contribution in [2.24, 2.45) is 5.92 Å². The fourth-order valence-corrected chi connectivity index (χ4v) is 3.48. The molecular weight excluding hydrogens is 312 g/mol. The normalized spacial score (nSPS) is 20.4. The van der Waals surface area contributed by atoms with E-state index in [9.17, 15) is 4.79 Å². The van der Waals surface area contributed by atoms with Gasteiger partial charge in [-0.2, -0.15) is 0 Å². The zero-order valence-corrected chi connectivity index (χ0v) is 14.8. The van der Waals surface area contributed by atoms with Crippen LogP contribution in [-0.4, -0.2) is 35.0 Å². The quantitative estimate of drug-likeness (QED) is 0.810. The second-order valence-electron chi connectivity index (χ2n) is 6.64. The second kappa shape index (κ2) is 8.77. The van der Waals surface area contributed by atoms with Crippen LogP contribution in [0.15, 0.2) is 54.9 Å². The minimum atomic E-state index is 0.175. The highest BCUT2D eigenvalue weighted by atomic mass is 16.5. The second-order valence-corrected chi connectivity index (χ2v) is 6.64. The van der Waals surface area contributed by atoms with Gasteiger partial charge in [0.15, 0.2) is 0 Å². The van der Waals surface area contributed by atoms with Gasteiger partial charge in [-0.25, -0.2) is 0 Å². The Morgan fingerprint density at radius 1 is 1.16 bits per heavy atom. The van der Waals surface area contributed by atoms with Gasteiger partial charge in [-0.05, 0) is 36.1 Å². The highest BCUT2D eigenvalue weighted by Crippen LogP contribution is 2.25. The zero-order valence-electron chi connectivity index (χ0n) is 14.8. The van der Waals surface area contributed by atoms with E-state index in [1.165, 1.54) is 5.56 Å². The van der Waals surface area contributed by atoms with Gasteiger partial charge in [0.2, 0.25) is 5.91 Å². The number of benzene rings is 1. The van der Waals surface area contributed by atoms with Crippen molar-refractivity contribution in [3.8, 4) is 0 Å². The number of carbonyl (C=O) groups excluding carboxylic acids is 1. The monoisotopic (exact) mass is 338 g/mol. The topological polar surface area (TPSA) is 42.4 Å². The lowest BCUT2D eigenvalue weighted by Crippen LogP contribution is -2.47. The molecule has 25 heavy (non-hydrogen) atoms. The number of hydrogen-bond acceptors (Lipinski definition) is 3. The molecule has 0 radical (unpaired) electrons. The maximum absolute atomic E-state index is 12.1. The summed E-state index contributed by atoms with van der Waals surface area (Å²) in [5, 5.41) is 0. The highest BCUT2D eigenvalue weighted by molar-refractivity contribution is 5.75. The molecule has 0 saturated carbocycles. The molecule has 1 saturated heterocycles. The largest absolute Gasteiger partial charge is 0.373 e. The molecule has 2 aromatic rings. The summed E-state index contributed by atoms with van der Waals surface area (Å²) in [6.07, 6.45) is 6.17. The Hall–Kier alpha value is -2.20. The first-order chi connectivity index (χ1) is 12.3. The maximum Gasteiger partial charge on any atom is 0.222 e. The van der Waals surface area contributed by atoms with Gasteiger partial charge in [-0.1, -0.05) is 37.3 Å². The van der Waals surface area contributed by atoms with Crippen LogP contribution in [-0.2, 0) is 22.6 Å². The van der Waals surface area contributed by atoms with Crippen LogP contribution < -0.4 is 0 Å². The van der Waals surface area contributed by atoms with Crippen molar-refractivity contribution in [2.45, 2.75) is 38.9 Å².